The molecule has 0 radical (unpaired) electrons. The van der Waals surface area contributed by atoms with Crippen molar-refractivity contribution in [1.82, 2.24) is 15.1 Å². The van der Waals surface area contributed by atoms with Gasteiger partial charge in [-0.05, 0) is 51.6 Å². The molecule has 2 aliphatic heterocycles. The molecule has 0 spiro atoms. The molecule has 5 nitrogen and oxygen atoms in total. The quantitative estimate of drug-likeness (QED) is 0.729. The van der Waals surface area contributed by atoms with Gasteiger partial charge in [-0.3, -0.25) is 9.69 Å². The molecule has 2 heterocycles. The van der Waals surface area contributed by atoms with Gasteiger partial charge in [-0.25, -0.2) is 0 Å². The molecule has 3 unspecified atom stereocenters. The van der Waals surface area contributed by atoms with Crippen molar-refractivity contribution in [2.75, 3.05) is 39.3 Å². The molecule has 2 saturated heterocycles. The molecule has 2 fully saturated rings. The van der Waals surface area contributed by atoms with Crippen molar-refractivity contribution in [3.05, 3.63) is 0 Å². The maximum atomic E-state index is 13.2. The average Bonchev–Trinajstić information content (AvgIpc) is 2.52. The van der Waals surface area contributed by atoms with Crippen LogP contribution < -0.4 is 5.32 Å². The number of rotatable bonds is 6. The third-order valence-corrected chi connectivity index (χ3v) is 5.33. The van der Waals surface area contributed by atoms with Gasteiger partial charge in [0.1, 0.15) is 0 Å². The zero-order valence-electron chi connectivity index (χ0n) is 17.1. The molecule has 0 aromatic heterocycles. The van der Waals surface area contributed by atoms with Gasteiger partial charge in [-0.15, -0.1) is 24.8 Å². The van der Waals surface area contributed by atoms with Crippen molar-refractivity contribution < 1.29 is 9.53 Å². The zero-order valence-corrected chi connectivity index (χ0v) is 18.7. The normalized spacial score (nSPS) is 26.2. The third kappa shape index (κ3) is 7.16. The summed E-state index contributed by atoms with van der Waals surface area (Å²) in [6.45, 7) is 16.4. The van der Waals surface area contributed by atoms with E-state index in [2.05, 4.69) is 49.7 Å². The van der Waals surface area contributed by atoms with Gasteiger partial charge in [0.25, 0.3) is 0 Å². The van der Waals surface area contributed by atoms with Crippen LogP contribution in [0.5, 0.6) is 0 Å². The number of likely N-dealkylation sites (tertiary alicyclic amines) is 1. The Hall–Kier alpha value is -0.0700. The van der Waals surface area contributed by atoms with E-state index < -0.39 is 0 Å². The van der Waals surface area contributed by atoms with E-state index in [1.807, 2.05) is 0 Å². The molecule has 0 aliphatic carbocycles. The molecular weight excluding hydrogens is 373 g/mol. The summed E-state index contributed by atoms with van der Waals surface area (Å²) in [6, 6.07) is -0.0101. The van der Waals surface area contributed by atoms with Crippen LogP contribution in [0.25, 0.3) is 0 Å². The van der Waals surface area contributed by atoms with Crippen molar-refractivity contribution in [2.24, 2.45) is 11.8 Å². The molecular formula is C19H39Cl2N3O2. The summed E-state index contributed by atoms with van der Waals surface area (Å²) in [4.78, 5) is 17.7. The molecule has 3 atom stereocenters. The largest absolute Gasteiger partial charge is 0.373 e. The van der Waals surface area contributed by atoms with Crippen molar-refractivity contribution >= 4 is 30.7 Å². The number of carbonyl (C=O) groups is 1. The first-order chi connectivity index (χ1) is 11.4. The number of halogens is 2. The van der Waals surface area contributed by atoms with Crippen LogP contribution in [0.3, 0.4) is 0 Å². The monoisotopic (exact) mass is 411 g/mol. The molecule has 26 heavy (non-hydrogen) atoms. The van der Waals surface area contributed by atoms with Gasteiger partial charge in [0, 0.05) is 26.2 Å². The van der Waals surface area contributed by atoms with Crippen LogP contribution in [-0.4, -0.2) is 73.2 Å². The Balaban J connectivity index is 0.00000312. The Labute approximate surface area is 172 Å². The molecule has 156 valence electrons. The Morgan fingerprint density at radius 3 is 2.12 bits per heavy atom. The van der Waals surface area contributed by atoms with Gasteiger partial charge in [0.05, 0.1) is 18.2 Å². The number of carbonyl (C=O) groups excluding carboxylic acids is 1. The molecule has 0 aromatic carbocycles. The first kappa shape index (κ1) is 25.9. The first-order valence-electron chi connectivity index (χ1n) is 9.81. The standard InChI is InChI=1S/C19H37N3O2.2ClH/c1-6-20-11-17-7-9-21(10-8-17)19(23)18(14(2)3)22-12-15(4)24-16(5)13-22;;/h14-18,20H,6-13H2,1-5H3;2*1H. The Morgan fingerprint density at radius 1 is 1.12 bits per heavy atom. The fourth-order valence-corrected chi connectivity index (χ4v) is 4.20. The van der Waals surface area contributed by atoms with Crippen molar-refractivity contribution in [2.45, 2.75) is 65.7 Å². The smallest absolute Gasteiger partial charge is 0.240 e. The lowest BCUT2D eigenvalue weighted by Crippen LogP contribution is -2.58. The second-order valence-corrected chi connectivity index (χ2v) is 7.98. The van der Waals surface area contributed by atoms with Gasteiger partial charge in [0.2, 0.25) is 5.91 Å². The minimum absolute atomic E-state index is 0. The Morgan fingerprint density at radius 2 is 1.65 bits per heavy atom. The maximum absolute atomic E-state index is 13.2. The van der Waals surface area contributed by atoms with E-state index >= 15 is 0 Å². The topological polar surface area (TPSA) is 44.8 Å². The number of nitrogens with zero attached hydrogens (tertiary/aromatic N) is 2. The van der Waals surface area contributed by atoms with E-state index in [4.69, 9.17) is 4.74 Å². The zero-order chi connectivity index (χ0) is 17.7. The van der Waals surface area contributed by atoms with Crippen LogP contribution in [0.15, 0.2) is 0 Å². The van der Waals surface area contributed by atoms with E-state index in [0.717, 1.165) is 58.0 Å². The molecule has 0 saturated carbocycles. The first-order valence-corrected chi connectivity index (χ1v) is 9.81. The third-order valence-electron chi connectivity index (χ3n) is 5.33. The lowest BCUT2D eigenvalue weighted by atomic mass is 9.94. The van der Waals surface area contributed by atoms with E-state index in [9.17, 15) is 4.79 Å². The SMILES string of the molecule is CCNCC1CCN(C(=O)C(C(C)C)N2CC(C)OC(C)C2)CC1.Cl.Cl. The second kappa shape index (κ2) is 12.4. The molecule has 2 rings (SSSR count). The Kier molecular flexibility index (Phi) is 12.4. The number of morpholine rings is 1. The summed E-state index contributed by atoms with van der Waals surface area (Å²) in [7, 11) is 0. The molecule has 7 heteroatoms. The van der Waals surface area contributed by atoms with Crippen molar-refractivity contribution in [3.8, 4) is 0 Å². The highest BCUT2D eigenvalue weighted by atomic mass is 35.5. The summed E-state index contributed by atoms with van der Waals surface area (Å²) in [5.41, 5.74) is 0. The number of piperidine rings is 1. The average molecular weight is 412 g/mol. The highest BCUT2D eigenvalue weighted by Crippen LogP contribution is 2.23. The summed E-state index contributed by atoms with van der Waals surface area (Å²) >= 11 is 0. The maximum Gasteiger partial charge on any atom is 0.240 e. The second-order valence-electron chi connectivity index (χ2n) is 7.98. The molecule has 1 amide bonds. The van der Waals surface area contributed by atoms with Gasteiger partial charge in [0.15, 0.2) is 0 Å². The van der Waals surface area contributed by atoms with Crippen LogP contribution in [0.2, 0.25) is 0 Å². The number of nitrogens with one attached hydrogen (secondary N) is 1. The summed E-state index contributed by atoms with van der Waals surface area (Å²) in [6.07, 6.45) is 2.65. The van der Waals surface area contributed by atoms with Crippen LogP contribution >= 0.6 is 24.8 Å². The van der Waals surface area contributed by atoms with Crippen molar-refractivity contribution in [1.29, 1.82) is 0 Å². The van der Waals surface area contributed by atoms with Crippen LogP contribution in [0, 0.1) is 11.8 Å². The highest BCUT2D eigenvalue weighted by Gasteiger charge is 2.37. The van der Waals surface area contributed by atoms with Gasteiger partial charge in [-0.1, -0.05) is 20.8 Å². The lowest BCUT2D eigenvalue weighted by molar-refractivity contribution is -0.146. The van der Waals surface area contributed by atoms with Crippen LogP contribution in [0.1, 0.15) is 47.5 Å². The minimum Gasteiger partial charge on any atom is -0.373 e. The number of ether oxygens (including phenoxy) is 1. The van der Waals surface area contributed by atoms with E-state index in [1.54, 1.807) is 0 Å². The fraction of sp³-hybridized carbons (Fsp3) is 0.947. The van der Waals surface area contributed by atoms with E-state index in [1.165, 1.54) is 0 Å². The molecule has 0 aromatic rings. The van der Waals surface area contributed by atoms with Crippen LogP contribution in [0.4, 0.5) is 0 Å². The number of hydrogen-bond acceptors (Lipinski definition) is 4. The molecule has 1 N–H and O–H groups in total. The predicted molar refractivity (Wildman–Crippen MR) is 113 cm³/mol. The van der Waals surface area contributed by atoms with Crippen LogP contribution in [-0.2, 0) is 9.53 Å². The number of hydrogen-bond donors (Lipinski definition) is 1. The summed E-state index contributed by atoms with van der Waals surface area (Å²) in [5.74, 6) is 1.37. The van der Waals surface area contributed by atoms with Gasteiger partial charge in [-0.2, -0.15) is 0 Å². The molecule has 2 aliphatic rings. The van der Waals surface area contributed by atoms with E-state index in [0.29, 0.717) is 11.8 Å². The highest BCUT2D eigenvalue weighted by molar-refractivity contribution is 5.85. The van der Waals surface area contributed by atoms with Gasteiger partial charge >= 0.3 is 0 Å². The predicted octanol–water partition coefficient (Wildman–Crippen LogP) is 2.81. The number of amides is 1. The minimum atomic E-state index is -0.0101. The molecule has 0 bridgehead atoms. The van der Waals surface area contributed by atoms with E-state index in [-0.39, 0.29) is 43.1 Å². The van der Waals surface area contributed by atoms with Crippen molar-refractivity contribution in [3.63, 3.8) is 0 Å². The summed E-state index contributed by atoms with van der Waals surface area (Å²) in [5, 5.41) is 3.44. The Bertz CT molecular complexity index is 394. The van der Waals surface area contributed by atoms with Gasteiger partial charge < -0.3 is 15.0 Å². The lowest BCUT2D eigenvalue weighted by Gasteiger charge is -2.43. The summed E-state index contributed by atoms with van der Waals surface area (Å²) < 4.78 is 5.85. The fourth-order valence-electron chi connectivity index (χ4n) is 4.20.